The number of ether oxygens (including phenoxy) is 1. The lowest BCUT2D eigenvalue weighted by Crippen LogP contribution is -2.15. The van der Waals surface area contributed by atoms with Gasteiger partial charge in [-0.1, -0.05) is 11.6 Å². The quantitative estimate of drug-likeness (QED) is 0.475. The van der Waals surface area contributed by atoms with Gasteiger partial charge in [0.25, 0.3) is 5.69 Å². The van der Waals surface area contributed by atoms with E-state index in [1.54, 1.807) is 13.0 Å². The third kappa shape index (κ3) is 2.96. The highest BCUT2D eigenvalue weighted by Gasteiger charge is 2.29. The van der Waals surface area contributed by atoms with Crippen molar-refractivity contribution in [2.45, 2.75) is 12.8 Å². The third-order valence-corrected chi connectivity index (χ3v) is 2.39. The van der Waals surface area contributed by atoms with Crippen molar-refractivity contribution in [2.75, 3.05) is 6.61 Å². The van der Waals surface area contributed by atoms with Crippen LogP contribution in [0.4, 0.5) is 5.69 Å². The van der Waals surface area contributed by atoms with Crippen LogP contribution >= 0.6 is 11.6 Å². The number of hydrogen-bond donors (Lipinski definition) is 0. The van der Waals surface area contributed by atoms with Gasteiger partial charge >= 0.3 is 5.97 Å². The molecule has 0 radical (unpaired) electrons. The largest absolute Gasteiger partial charge is 0.465 e. The average molecular weight is 269 g/mol. The fraction of sp³-hybridized carbons (Fsp3) is 0.273. The van der Waals surface area contributed by atoms with E-state index < -0.39 is 16.8 Å². The molecule has 0 aliphatic heterocycles. The summed E-state index contributed by atoms with van der Waals surface area (Å²) < 4.78 is 4.70. The Morgan fingerprint density at radius 2 is 2.33 bits per heavy atom. The van der Waals surface area contributed by atoms with Crippen LogP contribution in [0.2, 0.25) is 5.02 Å². The number of carbonyl (C=O) groups is 1. The van der Waals surface area contributed by atoms with Crippen LogP contribution in [0.5, 0.6) is 0 Å². The Balaban J connectivity index is 3.26. The Morgan fingerprint density at radius 1 is 1.67 bits per heavy atom. The number of nitro groups is 1. The molecule has 0 spiro atoms. The second kappa shape index (κ2) is 5.98. The molecule has 0 amide bonds. The maximum atomic E-state index is 11.5. The molecule has 0 aliphatic carbocycles. The molecule has 0 aromatic heterocycles. The number of halogens is 1. The van der Waals surface area contributed by atoms with E-state index in [0.717, 1.165) is 6.07 Å². The lowest BCUT2D eigenvalue weighted by molar-refractivity contribution is -0.385. The van der Waals surface area contributed by atoms with E-state index in [-0.39, 0.29) is 22.9 Å². The predicted molar refractivity (Wildman–Crippen MR) is 63.1 cm³/mol. The number of nitrogens with zero attached hydrogens (tertiary/aromatic N) is 2. The number of carbonyl (C=O) groups excluding carboxylic acids is 1. The van der Waals surface area contributed by atoms with Crippen molar-refractivity contribution in [3.05, 3.63) is 38.9 Å². The van der Waals surface area contributed by atoms with Crippen molar-refractivity contribution < 1.29 is 14.5 Å². The first kappa shape index (κ1) is 13.9. The van der Waals surface area contributed by atoms with Crippen molar-refractivity contribution in [3.63, 3.8) is 0 Å². The van der Waals surface area contributed by atoms with Gasteiger partial charge in [0.05, 0.1) is 23.2 Å². The van der Waals surface area contributed by atoms with E-state index in [4.69, 9.17) is 21.6 Å². The number of benzene rings is 1. The van der Waals surface area contributed by atoms with Crippen molar-refractivity contribution in [2.24, 2.45) is 0 Å². The van der Waals surface area contributed by atoms with Crippen molar-refractivity contribution >= 4 is 23.3 Å². The number of nitro benzene ring substituents is 1. The summed E-state index contributed by atoms with van der Waals surface area (Å²) in [5.74, 6) is -2.15. The summed E-state index contributed by atoms with van der Waals surface area (Å²) in [6.07, 6.45) is 0. The highest BCUT2D eigenvalue weighted by Crippen LogP contribution is 2.30. The van der Waals surface area contributed by atoms with Crippen LogP contribution in [-0.4, -0.2) is 17.5 Å². The topological polar surface area (TPSA) is 93.2 Å². The zero-order valence-electron chi connectivity index (χ0n) is 9.42. The van der Waals surface area contributed by atoms with Crippen LogP contribution in [-0.2, 0) is 9.53 Å². The van der Waals surface area contributed by atoms with Gasteiger partial charge in [-0.25, -0.2) is 0 Å². The van der Waals surface area contributed by atoms with E-state index in [1.807, 2.05) is 0 Å². The van der Waals surface area contributed by atoms with Crippen molar-refractivity contribution in [1.29, 1.82) is 5.26 Å². The average Bonchev–Trinajstić information content (AvgIpc) is 2.32. The number of nitriles is 1. The molecule has 6 nitrogen and oxygen atoms in total. The molecule has 1 rings (SSSR count). The smallest absolute Gasteiger partial charge is 0.328 e. The fourth-order valence-corrected chi connectivity index (χ4v) is 1.56. The molecule has 0 aliphatic rings. The molecule has 0 N–H and O–H groups in total. The van der Waals surface area contributed by atoms with E-state index in [0.29, 0.717) is 0 Å². The molecule has 0 saturated heterocycles. The molecule has 1 atom stereocenters. The lowest BCUT2D eigenvalue weighted by atomic mass is 9.99. The minimum atomic E-state index is -1.33. The molecule has 1 aromatic rings. The second-order valence-corrected chi connectivity index (χ2v) is 3.71. The first-order valence-corrected chi connectivity index (χ1v) is 5.39. The third-order valence-electron chi connectivity index (χ3n) is 2.15. The summed E-state index contributed by atoms with van der Waals surface area (Å²) in [6, 6.07) is 5.46. The van der Waals surface area contributed by atoms with Crippen LogP contribution in [0.25, 0.3) is 0 Å². The minimum absolute atomic E-state index is 0.0228. The van der Waals surface area contributed by atoms with Gasteiger partial charge in [-0.05, 0) is 19.1 Å². The molecule has 0 bridgehead atoms. The molecular formula is C11H9ClN2O4. The zero-order chi connectivity index (χ0) is 13.7. The second-order valence-electron chi connectivity index (χ2n) is 3.27. The molecule has 0 heterocycles. The number of hydrogen-bond acceptors (Lipinski definition) is 5. The fourth-order valence-electron chi connectivity index (χ4n) is 1.39. The highest BCUT2D eigenvalue weighted by molar-refractivity contribution is 6.30. The molecule has 94 valence electrons. The molecular weight excluding hydrogens is 260 g/mol. The van der Waals surface area contributed by atoms with Gasteiger partial charge in [0, 0.05) is 11.1 Å². The molecule has 7 heteroatoms. The molecule has 18 heavy (non-hydrogen) atoms. The van der Waals surface area contributed by atoms with Crippen LogP contribution < -0.4 is 0 Å². The van der Waals surface area contributed by atoms with Gasteiger partial charge in [0.1, 0.15) is 0 Å². The summed E-state index contributed by atoms with van der Waals surface area (Å²) >= 11 is 5.65. The normalized spacial score (nSPS) is 11.4. The Bertz CT molecular complexity index is 524. The first-order valence-electron chi connectivity index (χ1n) is 5.01. The van der Waals surface area contributed by atoms with Crippen LogP contribution in [0, 0.1) is 21.4 Å². The van der Waals surface area contributed by atoms with Crippen molar-refractivity contribution in [1.82, 2.24) is 0 Å². The highest BCUT2D eigenvalue weighted by atomic mass is 35.5. The number of esters is 1. The maximum Gasteiger partial charge on any atom is 0.328 e. The van der Waals surface area contributed by atoms with Crippen LogP contribution in [0.3, 0.4) is 0 Å². The summed E-state index contributed by atoms with van der Waals surface area (Å²) in [6.45, 7) is 1.68. The first-order chi connectivity index (χ1) is 8.51. The molecule has 1 unspecified atom stereocenters. The van der Waals surface area contributed by atoms with Crippen LogP contribution in [0.15, 0.2) is 18.2 Å². The Morgan fingerprint density at radius 3 is 2.83 bits per heavy atom. The summed E-state index contributed by atoms with van der Waals surface area (Å²) in [4.78, 5) is 21.7. The summed E-state index contributed by atoms with van der Waals surface area (Å²) in [5, 5.41) is 20.0. The maximum absolute atomic E-state index is 11.5. The Kier molecular flexibility index (Phi) is 4.63. The SMILES string of the molecule is CCOC(=O)C(C#N)c1ccc(Cl)cc1[N+](=O)[O-]. The van der Waals surface area contributed by atoms with E-state index in [9.17, 15) is 14.9 Å². The van der Waals surface area contributed by atoms with E-state index in [2.05, 4.69) is 0 Å². The van der Waals surface area contributed by atoms with Crippen LogP contribution in [0.1, 0.15) is 18.4 Å². The van der Waals surface area contributed by atoms with E-state index in [1.165, 1.54) is 12.1 Å². The van der Waals surface area contributed by atoms with Gasteiger partial charge < -0.3 is 4.74 Å². The molecule has 0 saturated carbocycles. The van der Waals surface area contributed by atoms with Crippen molar-refractivity contribution in [3.8, 4) is 6.07 Å². The van der Waals surface area contributed by atoms with Gasteiger partial charge in [0.15, 0.2) is 5.92 Å². The van der Waals surface area contributed by atoms with Gasteiger partial charge in [0.2, 0.25) is 0 Å². The summed E-state index contributed by atoms with van der Waals surface area (Å²) in [5.41, 5.74) is -0.396. The standard InChI is InChI=1S/C11H9ClN2O4/c1-2-18-11(15)9(6-13)8-4-3-7(12)5-10(8)14(16)17/h3-5,9H,2H2,1H3. The number of rotatable bonds is 4. The minimum Gasteiger partial charge on any atom is -0.465 e. The van der Waals surface area contributed by atoms with Gasteiger partial charge in [-0.2, -0.15) is 5.26 Å². The predicted octanol–water partition coefficient (Wildman–Crippen LogP) is 2.42. The Hall–Kier alpha value is -2.13. The zero-order valence-corrected chi connectivity index (χ0v) is 10.2. The molecule has 1 aromatic carbocycles. The van der Waals surface area contributed by atoms with E-state index >= 15 is 0 Å². The monoisotopic (exact) mass is 268 g/mol. The Labute approximate surface area is 108 Å². The van der Waals surface area contributed by atoms with Gasteiger partial charge in [-0.15, -0.1) is 0 Å². The lowest BCUT2D eigenvalue weighted by Gasteiger charge is -2.09. The molecule has 0 fully saturated rings. The summed E-state index contributed by atoms with van der Waals surface area (Å²) in [7, 11) is 0. The van der Waals surface area contributed by atoms with Gasteiger partial charge in [-0.3, -0.25) is 14.9 Å².